The van der Waals surface area contributed by atoms with Crippen LogP contribution in [0.4, 0.5) is 0 Å². The standard InChI is InChI=1S/C14H20N2O3S/c1-9(2)16(8-13(15)20)14(17)10-5-11(18-3)7-12(6-10)19-4/h5-7,9H,8H2,1-4H3,(H2,15,20). The average Bonchev–Trinajstić information content (AvgIpc) is 2.42. The number of benzene rings is 1. The number of hydrogen-bond donors (Lipinski definition) is 1. The molecule has 0 bridgehead atoms. The molecule has 110 valence electrons. The summed E-state index contributed by atoms with van der Waals surface area (Å²) in [4.78, 5) is 14.4. The van der Waals surface area contributed by atoms with Gasteiger partial charge in [0.05, 0.1) is 25.8 Å². The summed E-state index contributed by atoms with van der Waals surface area (Å²) in [7, 11) is 3.08. The first kappa shape index (κ1) is 16.2. The first-order valence-corrected chi connectivity index (χ1v) is 6.62. The first-order chi connectivity index (χ1) is 9.38. The molecule has 0 saturated carbocycles. The number of thiocarbonyl (C=S) groups is 1. The molecule has 0 fully saturated rings. The number of carbonyl (C=O) groups is 1. The van der Waals surface area contributed by atoms with Gasteiger partial charge in [0.25, 0.3) is 5.91 Å². The summed E-state index contributed by atoms with van der Waals surface area (Å²) in [6.45, 7) is 4.06. The Morgan fingerprint density at radius 1 is 1.25 bits per heavy atom. The lowest BCUT2D eigenvalue weighted by Crippen LogP contribution is -2.42. The van der Waals surface area contributed by atoms with Gasteiger partial charge in [-0.2, -0.15) is 0 Å². The highest BCUT2D eigenvalue weighted by molar-refractivity contribution is 7.80. The predicted molar refractivity (Wildman–Crippen MR) is 82.5 cm³/mol. The zero-order chi connectivity index (χ0) is 15.3. The molecule has 5 nitrogen and oxygen atoms in total. The number of carbonyl (C=O) groups excluding carboxylic acids is 1. The molecule has 1 amide bonds. The normalized spacial score (nSPS) is 10.2. The molecule has 0 saturated heterocycles. The van der Waals surface area contributed by atoms with E-state index in [-0.39, 0.29) is 23.5 Å². The SMILES string of the molecule is COc1cc(OC)cc(C(=O)N(CC(N)=S)C(C)C)c1. The quantitative estimate of drug-likeness (QED) is 0.812. The van der Waals surface area contributed by atoms with E-state index >= 15 is 0 Å². The van der Waals surface area contributed by atoms with Crippen LogP contribution < -0.4 is 15.2 Å². The van der Waals surface area contributed by atoms with E-state index in [2.05, 4.69) is 0 Å². The maximum absolute atomic E-state index is 12.6. The van der Waals surface area contributed by atoms with E-state index in [0.29, 0.717) is 17.1 Å². The molecular formula is C14H20N2O3S. The molecule has 0 aromatic heterocycles. The predicted octanol–water partition coefficient (Wildman–Crippen LogP) is 1.84. The number of hydrogen-bond acceptors (Lipinski definition) is 4. The number of nitrogens with zero attached hydrogens (tertiary/aromatic N) is 1. The maximum Gasteiger partial charge on any atom is 0.254 e. The van der Waals surface area contributed by atoms with Gasteiger partial charge in [0.2, 0.25) is 0 Å². The van der Waals surface area contributed by atoms with Crippen LogP contribution in [0.5, 0.6) is 11.5 Å². The smallest absolute Gasteiger partial charge is 0.254 e. The second kappa shape index (κ2) is 7.09. The number of rotatable bonds is 6. The largest absolute Gasteiger partial charge is 0.497 e. The zero-order valence-corrected chi connectivity index (χ0v) is 13.0. The van der Waals surface area contributed by atoms with Crippen LogP contribution in [-0.2, 0) is 0 Å². The van der Waals surface area contributed by atoms with Gasteiger partial charge in [-0.3, -0.25) is 4.79 Å². The number of nitrogens with two attached hydrogens (primary N) is 1. The molecule has 0 aliphatic rings. The molecule has 0 radical (unpaired) electrons. The van der Waals surface area contributed by atoms with Crippen molar-refractivity contribution in [2.45, 2.75) is 19.9 Å². The van der Waals surface area contributed by atoms with Crippen molar-refractivity contribution in [3.63, 3.8) is 0 Å². The van der Waals surface area contributed by atoms with Gasteiger partial charge in [0, 0.05) is 17.7 Å². The summed E-state index contributed by atoms with van der Waals surface area (Å²) < 4.78 is 10.3. The van der Waals surface area contributed by atoms with Crippen LogP contribution in [-0.4, -0.2) is 42.6 Å². The van der Waals surface area contributed by atoms with Crippen molar-refractivity contribution in [1.29, 1.82) is 0 Å². The molecule has 0 aliphatic carbocycles. The second-order valence-electron chi connectivity index (χ2n) is 4.59. The van der Waals surface area contributed by atoms with Crippen LogP contribution in [0.3, 0.4) is 0 Å². The lowest BCUT2D eigenvalue weighted by atomic mass is 10.1. The highest BCUT2D eigenvalue weighted by Gasteiger charge is 2.20. The van der Waals surface area contributed by atoms with Crippen LogP contribution in [0.25, 0.3) is 0 Å². The summed E-state index contributed by atoms with van der Waals surface area (Å²) in [5.74, 6) is 0.962. The number of ether oxygens (including phenoxy) is 2. The van der Waals surface area contributed by atoms with Gasteiger partial charge in [0.1, 0.15) is 11.5 Å². The number of methoxy groups -OCH3 is 2. The summed E-state index contributed by atoms with van der Waals surface area (Å²) in [6, 6.07) is 5.03. The molecule has 1 aromatic rings. The molecule has 2 N–H and O–H groups in total. The molecule has 1 rings (SSSR count). The van der Waals surface area contributed by atoms with Crippen molar-refractivity contribution in [2.24, 2.45) is 5.73 Å². The minimum atomic E-state index is -0.162. The fourth-order valence-electron chi connectivity index (χ4n) is 1.75. The Balaban J connectivity index is 3.13. The lowest BCUT2D eigenvalue weighted by Gasteiger charge is -2.26. The Bertz CT molecular complexity index is 481. The maximum atomic E-state index is 12.6. The van der Waals surface area contributed by atoms with Crippen LogP contribution >= 0.6 is 12.2 Å². The van der Waals surface area contributed by atoms with Crippen molar-refractivity contribution in [1.82, 2.24) is 4.90 Å². The van der Waals surface area contributed by atoms with Crippen molar-refractivity contribution >= 4 is 23.1 Å². The first-order valence-electron chi connectivity index (χ1n) is 6.21. The molecule has 0 unspecified atom stereocenters. The highest BCUT2D eigenvalue weighted by Crippen LogP contribution is 2.23. The molecule has 0 heterocycles. The van der Waals surface area contributed by atoms with Gasteiger partial charge < -0.3 is 20.1 Å². The third kappa shape index (κ3) is 4.09. The van der Waals surface area contributed by atoms with E-state index in [9.17, 15) is 4.79 Å². The Hall–Kier alpha value is -1.82. The van der Waals surface area contributed by atoms with E-state index in [1.807, 2.05) is 13.8 Å². The molecule has 6 heteroatoms. The number of amides is 1. The molecule has 1 aromatic carbocycles. The molecule has 20 heavy (non-hydrogen) atoms. The van der Waals surface area contributed by atoms with Crippen LogP contribution in [0.15, 0.2) is 18.2 Å². The van der Waals surface area contributed by atoms with Crippen molar-refractivity contribution in [3.05, 3.63) is 23.8 Å². The zero-order valence-electron chi connectivity index (χ0n) is 12.2. The van der Waals surface area contributed by atoms with Gasteiger partial charge in [-0.25, -0.2) is 0 Å². The fourth-order valence-corrected chi connectivity index (χ4v) is 1.89. The Morgan fingerprint density at radius 2 is 1.75 bits per heavy atom. The van der Waals surface area contributed by atoms with E-state index < -0.39 is 0 Å². The Labute approximate surface area is 124 Å². The van der Waals surface area contributed by atoms with Crippen LogP contribution in [0, 0.1) is 0 Å². The van der Waals surface area contributed by atoms with Crippen LogP contribution in [0.1, 0.15) is 24.2 Å². The van der Waals surface area contributed by atoms with Gasteiger partial charge in [-0.15, -0.1) is 0 Å². The monoisotopic (exact) mass is 296 g/mol. The third-order valence-electron chi connectivity index (χ3n) is 2.81. The summed E-state index contributed by atoms with van der Waals surface area (Å²) in [5, 5.41) is 0. The van der Waals surface area contributed by atoms with Gasteiger partial charge in [0.15, 0.2) is 0 Å². The lowest BCUT2D eigenvalue weighted by molar-refractivity contribution is 0.0735. The fraction of sp³-hybridized carbons (Fsp3) is 0.429. The van der Waals surface area contributed by atoms with E-state index in [1.54, 1.807) is 23.1 Å². The van der Waals surface area contributed by atoms with Gasteiger partial charge in [-0.1, -0.05) is 12.2 Å². The Morgan fingerprint density at radius 3 is 2.10 bits per heavy atom. The molecule has 0 atom stereocenters. The van der Waals surface area contributed by atoms with Crippen molar-refractivity contribution < 1.29 is 14.3 Å². The topological polar surface area (TPSA) is 64.8 Å². The van der Waals surface area contributed by atoms with Gasteiger partial charge >= 0.3 is 0 Å². The summed E-state index contributed by atoms with van der Waals surface area (Å²) in [6.07, 6.45) is 0. The minimum Gasteiger partial charge on any atom is -0.497 e. The highest BCUT2D eigenvalue weighted by atomic mass is 32.1. The molecule has 0 aliphatic heterocycles. The molecular weight excluding hydrogens is 276 g/mol. The van der Waals surface area contributed by atoms with Gasteiger partial charge in [-0.05, 0) is 26.0 Å². The van der Waals surface area contributed by atoms with E-state index in [1.165, 1.54) is 14.2 Å². The van der Waals surface area contributed by atoms with Crippen molar-refractivity contribution in [3.8, 4) is 11.5 Å². The van der Waals surface area contributed by atoms with E-state index in [4.69, 9.17) is 27.4 Å². The van der Waals surface area contributed by atoms with E-state index in [0.717, 1.165) is 0 Å². The Kier molecular flexibility index (Phi) is 5.76. The molecule has 0 spiro atoms. The second-order valence-corrected chi connectivity index (χ2v) is 5.12. The summed E-state index contributed by atoms with van der Waals surface area (Å²) in [5.41, 5.74) is 6.03. The third-order valence-corrected chi connectivity index (χ3v) is 2.94. The van der Waals surface area contributed by atoms with Crippen molar-refractivity contribution in [2.75, 3.05) is 20.8 Å². The summed E-state index contributed by atoms with van der Waals surface area (Å²) >= 11 is 4.89. The van der Waals surface area contributed by atoms with Crippen LogP contribution in [0.2, 0.25) is 0 Å². The minimum absolute atomic E-state index is 0.0128. The average molecular weight is 296 g/mol.